The smallest absolute Gasteiger partial charge is 0.306 e. The predicted octanol–water partition coefficient (Wildman–Crippen LogP) is 3.21. The van der Waals surface area contributed by atoms with E-state index in [9.17, 15) is 13.6 Å². The van der Waals surface area contributed by atoms with Gasteiger partial charge in [-0.15, -0.1) is 0 Å². The fourth-order valence-electron chi connectivity index (χ4n) is 3.26. The Hall–Kier alpha value is -2.77. The van der Waals surface area contributed by atoms with Crippen LogP contribution in [0.3, 0.4) is 0 Å². The van der Waals surface area contributed by atoms with Gasteiger partial charge < -0.3 is 14.4 Å². The maximum Gasteiger partial charge on any atom is 0.306 e. The molecule has 1 atom stereocenters. The highest BCUT2D eigenvalue weighted by molar-refractivity contribution is 5.70. The summed E-state index contributed by atoms with van der Waals surface area (Å²) in [6.07, 6.45) is 3.77. The van der Waals surface area contributed by atoms with Crippen LogP contribution in [-0.2, 0) is 9.53 Å². The Morgan fingerprint density at radius 2 is 2.04 bits per heavy atom. The van der Waals surface area contributed by atoms with Crippen LogP contribution in [0.1, 0.15) is 19.8 Å². The maximum absolute atomic E-state index is 14.7. The summed E-state index contributed by atoms with van der Waals surface area (Å²) in [5.74, 6) is -1.35. The second-order valence-corrected chi connectivity index (χ2v) is 6.35. The third kappa shape index (κ3) is 4.32. The molecule has 8 heteroatoms. The number of benzene rings is 1. The number of rotatable bonds is 6. The van der Waals surface area contributed by atoms with Crippen molar-refractivity contribution in [3.8, 4) is 17.1 Å². The van der Waals surface area contributed by atoms with E-state index >= 15 is 0 Å². The minimum absolute atomic E-state index is 0.0202. The standard InChI is InChI=1S/C19H21F2N3O3/c1-3-27-18(25)6-12-4-5-24(11-12)19-14(20)7-13(8-15(19)21)16-9-22-10-17(23-16)26-2/h7-10,12H,3-6,11H2,1-2H3. The summed E-state index contributed by atoms with van der Waals surface area (Å²) in [5, 5.41) is 0. The van der Waals surface area contributed by atoms with Gasteiger partial charge in [-0.3, -0.25) is 9.78 Å². The van der Waals surface area contributed by atoms with Crippen molar-refractivity contribution in [2.75, 3.05) is 31.7 Å². The summed E-state index contributed by atoms with van der Waals surface area (Å²) >= 11 is 0. The number of carbonyl (C=O) groups is 1. The van der Waals surface area contributed by atoms with Crippen LogP contribution in [0.4, 0.5) is 14.5 Å². The number of hydrogen-bond acceptors (Lipinski definition) is 6. The van der Waals surface area contributed by atoms with Crippen molar-refractivity contribution in [1.82, 2.24) is 9.97 Å². The molecule has 1 aliphatic heterocycles. The average Bonchev–Trinajstić information content (AvgIpc) is 3.09. The second-order valence-electron chi connectivity index (χ2n) is 6.35. The van der Waals surface area contributed by atoms with Gasteiger partial charge in [-0.25, -0.2) is 13.8 Å². The largest absolute Gasteiger partial charge is 0.480 e. The highest BCUT2D eigenvalue weighted by Crippen LogP contribution is 2.33. The summed E-state index contributed by atoms with van der Waals surface area (Å²) in [5.41, 5.74) is 0.517. The van der Waals surface area contributed by atoms with Crippen molar-refractivity contribution >= 4 is 11.7 Å². The van der Waals surface area contributed by atoms with Gasteiger partial charge in [0, 0.05) is 18.7 Å². The van der Waals surface area contributed by atoms with Gasteiger partial charge in [0.25, 0.3) is 0 Å². The first-order valence-electron chi connectivity index (χ1n) is 8.77. The number of anilines is 1. The number of ether oxygens (including phenoxy) is 2. The number of nitrogens with zero attached hydrogens (tertiary/aromatic N) is 3. The van der Waals surface area contributed by atoms with Crippen molar-refractivity contribution in [2.24, 2.45) is 5.92 Å². The summed E-state index contributed by atoms with van der Waals surface area (Å²) < 4.78 is 39.3. The summed E-state index contributed by atoms with van der Waals surface area (Å²) in [6, 6.07) is 2.47. The van der Waals surface area contributed by atoms with E-state index in [1.165, 1.54) is 31.6 Å². The van der Waals surface area contributed by atoms with Crippen LogP contribution in [0, 0.1) is 17.6 Å². The van der Waals surface area contributed by atoms with E-state index in [-0.39, 0.29) is 35.4 Å². The molecule has 0 radical (unpaired) electrons. The molecule has 1 saturated heterocycles. The zero-order chi connectivity index (χ0) is 19.4. The molecule has 0 N–H and O–H groups in total. The zero-order valence-electron chi connectivity index (χ0n) is 15.2. The van der Waals surface area contributed by atoms with Crippen molar-refractivity contribution in [2.45, 2.75) is 19.8 Å². The molecule has 2 heterocycles. The van der Waals surface area contributed by atoms with Crippen molar-refractivity contribution in [1.29, 1.82) is 0 Å². The van der Waals surface area contributed by atoms with Crippen molar-refractivity contribution in [3.05, 3.63) is 36.2 Å². The van der Waals surface area contributed by atoms with Crippen LogP contribution in [-0.4, -0.2) is 42.7 Å². The third-order valence-corrected chi connectivity index (χ3v) is 4.50. The third-order valence-electron chi connectivity index (χ3n) is 4.50. The van der Waals surface area contributed by atoms with Gasteiger partial charge in [-0.1, -0.05) is 0 Å². The van der Waals surface area contributed by atoms with Crippen LogP contribution in [0.5, 0.6) is 5.88 Å². The Morgan fingerprint density at radius 1 is 1.30 bits per heavy atom. The van der Waals surface area contributed by atoms with E-state index in [0.717, 1.165) is 0 Å². The van der Waals surface area contributed by atoms with Crippen molar-refractivity contribution < 1.29 is 23.0 Å². The lowest BCUT2D eigenvalue weighted by atomic mass is 10.1. The van der Waals surface area contributed by atoms with Crippen LogP contribution < -0.4 is 9.64 Å². The second kappa shape index (κ2) is 8.28. The Labute approximate surface area is 156 Å². The Kier molecular flexibility index (Phi) is 5.83. The molecule has 1 aliphatic rings. The number of aromatic nitrogens is 2. The topological polar surface area (TPSA) is 64.5 Å². The van der Waals surface area contributed by atoms with Gasteiger partial charge in [-0.2, -0.15) is 0 Å². The maximum atomic E-state index is 14.7. The molecule has 1 aromatic heterocycles. The zero-order valence-corrected chi connectivity index (χ0v) is 15.2. The Balaban J connectivity index is 1.78. The first-order chi connectivity index (χ1) is 13.0. The summed E-state index contributed by atoms with van der Waals surface area (Å²) in [4.78, 5) is 21.4. The Morgan fingerprint density at radius 3 is 2.70 bits per heavy atom. The quantitative estimate of drug-likeness (QED) is 0.721. The molecule has 1 unspecified atom stereocenters. The molecule has 0 aliphatic carbocycles. The van der Waals surface area contributed by atoms with Gasteiger partial charge in [0.05, 0.1) is 38.2 Å². The lowest BCUT2D eigenvalue weighted by Crippen LogP contribution is -2.23. The molecule has 0 bridgehead atoms. The SMILES string of the molecule is CCOC(=O)CC1CCN(c2c(F)cc(-c3cncc(OC)n3)cc2F)C1. The number of methoxy groups -OCH3 is 1. The average molecular weight is 377 g/mol. The van der Waals surface area contributed by atoms with Gasteiger partial charge in [0.1, 0.15) is 17.3 Å². The van der Waals surface area contributed by atoms with E-state index in [1.54, 1.807) is 11.8 Å². The summed E-state index contributed by atoms with van der Waals surface area (Å²) in [6.45, 7) is 2.96. The van der Waals surface area contributed by atoms with E-state index in [0.29, 0.717) is 31.8 Å². The lowest BCUT2D eigenvalue weighted by Gasteiger charge is -2.20. The molecular weight excluding hydrogens is 356 g/mol. The molecule has 2 aromatic rings. The van der Waals surface area contributed by atoms with Gasteiger partial charge in [-0.05, 0) is 31.4 Å². The summed E-state index contributed by atoms with van der Waals surface area (Å²) in [7, 11) is 1.44. The normalized spacial score (nSPS) is 16.4. The van der Waals surface area contributed by atoms with Crippen LogP contribution in [0.25, 0.3) is 11.3 Å². The monoisotopic (exact) mass is 377 g/mol. The highest BCUT2D eigenvalue weighted by atomic mass is 19.1. The highest BCUT2D eigenvalue weighted by Gasteiger charge is 2.29. The number of hydrogen-bond donors (Lipinski definition) is 0. The number of halogens is 2. The fraction of sp³-hybridized carbons (Fsp3) is 0.421. The predicted molar refractivity (Wildman–Crippen MR) is 95.5 cm³/mol. The number of carbonyl (C=O) groups excluding carboxylic acids is 1. The molecule has 27 heavy (non-hydrogen) atoms. The molecule has 0 spiro atoms. The van der Waals surface area contributed by atoms with E-state index < -0.39 is 11.6 Å². The van der Waals surface area contributed by atoms with Gasteiger partial charge >= 0.3 is 5.97 Å². The first kappa shape index (κ1) is 19.0. The van der Waals surface area contributed by atoms with Crippen LogP contribution in [0.15, 0.2) is 24.5 Å². The van der Waals surface area contributed by atoms with E-state index in [2.05, 4.69) is 9.97 Å². The fourth-order valence-corrected chi connectivity index (χ4v) is 3.26. The van der Waals surface area contributed by atoms with Crippen LogP contribution >= 0.6 is 0 Å². The molecule has 0 saturated carbocycles. The van der Waals surface area contributed by atoms with E-state index in [4.69, 9.17) is 9.47 Å². The Bertz CT molecular complexity index is 809. The first-order valence-corrected chi connectivity index (χ1v) is 8.77. The molecule has 1 aromatic carbocycles. The number of esters is 1. The molecule has 144 valence electrons. The van der Waals surface area contributed by atoms with E-state index in [1.807, 2.05) is 0 Å². The molecule has 3 rings (SSSR count). The minimum Gasteiger partial charge on any atom is -0.480 e. The van der Waals surface area contributed by atoms with Crippen LogP contribution in [0.2, 0.25) is 0 Å². The molecule has 0 amide bonds. The van der Waals surface area contributed by atoms with Crippen molar-refractivity contribution in [3.63, 3.8) is 0 Å². The molecule has 6 nitrogen and oxygen atoms in total. The van der Waals surface area contributed by atoms with Gasteiger partial charge in [0.2, 0.25) is 5.88 Å². The minimum atomic E-state index is -0.675. The molecule has 1 fully saturated rings. The lowest BCUT2D eigenvalue weighted by molar-refractivity contribution is -0.144. The molecular formula is C19H21F2N3O3. The van der Waals surface area contributed by atoms with Gasteiger partial charge in [0.15, 0.2) is 0 Å².